The van der Waals surface area contributed by atoms with Crippen LogP contribution in [0.3, 0.4) is 0 Å². The molecule has 4 radical (unpaired) electrons. The molecular weight excluding hydrogens is 1700 g/mol. The number of nitrogens with two attached hydrogens (primary N) is 3. The van der Waals surface area contributed by atoms with Crippen LogP contribution in [-0.4, -0.2) is 173 Å². The zero-order valence-corrected chi connectivity index (χ0v) is 69.9. The van der Waals surface area contributed by atoms with Crippen molar-refractivity contribution in [3.63, 3.8) is 0 Å². The van der Waals surface area contributed by atoms with Gasteiger partial charge in [-0.05, 0) is 170 Å². The summed E-state index contributed by atoms with van der Waals surface area (Å²) in [5.41, 5.74) is 19.6. The molecule has 0 aliphatic carbocycles. The van der Waals surface area contributed by atoms with Gasteiger partial charge in [-0.15, -0.1) is 30.6 Å². The standard InChI is InChI=1S/C27H24BCl2FN6O4.C26H27Cl2FN6O3.C21H12BCl2FN4O5.C6H14N2/c1-14-12-37(13-15(2)33-14)27(39)16-3-5-17(6-4-16)34-26(38)20-11-22(25(32)36-35-20)41-21(9-10-40-28)23-18(29)7-8-19(31)24(23)30;1-13-11-35(12-14(2)31-13)26(37)16-4-6-17(7-5-16)32-25(36)20-10-21(24(30)34-33-20)38-15(3)22-18(27)8-9-19(29)23(22)28;22-33-8-7-15(17-12(23)5-6-13(25)18(17)24)34-16-9-14(28-29-19(16)26)20(30)27-11-3-1-10(2-4-11)21(31)32;1-5-3-7-4-6(2)8-5/h3-8,11,14-15,21,33H,12-13H2,1-2H3,(H2,32,36)(H,34,38);4-10,13-15,31H,11-12H2,1-3H3,(H2,30,34)(H,32,36);1-6,9,15H,(H2,26,29)(H,27,30)(H,31,32);5-8H,3-4H2,1-2H3/t14-,15+,21-;13-,14+,15-;15-;5-,6+/m111./s1. The number of aromatic nitrogens is 6. The molecule has 3 aromatic heterocycles. The van der Waals surface area contributed by atoms with Crippen molar-refractivity contribution in [2.75, 3.05) is 72.4 Å². The number of ether oxygens (including phenoxy) is 3. The fourth-order valence-corrected chi connectivity index (χ4v) is 14.2. The van der Waals surface area contributed by atoms with Crippen LogP contribution >= 0.6 is 69.6 Å². The van der Waals surface area contributed by atoms with Gasteiger partial charge < -0.3 is 92.8 Å². The number of carbonyl (C=O) groups is 6. The van der Waals surface area contributed by atoms with Gasteiger partial charge >= 0.3 is 22.1 Å². The molecule has 121 heavy (non-hydrogen) atoms. The predicted molar refractivity (Wildman–Crippen MR) is 455 cm³/mol. The van der Waals surface area contributed by atoms with E-state index in [0.717, 1.165) is 31.3 Å². The van der Waals surface area contributed by atoms with Gasteiger partial charge in [-0.1, -0.05) is 69.6 Å². The topological polar surface area (TPSA) is 415 Å². The molecule has 30 nitrogen and oxygen atoms in total. The molecule has 3 aliphatic heterocycles. The minimum Gasteiger partial charge on any atom is -0.527 e. The van der Waals surface area contributed by atoms with Crippen molar-refractivity contribution < 1.29 is 70.6 Å². The van der Waals surface area contributed by atoms with Gasteiger partial charge in [-0.3, -0.25) is 24.0 Å². The van der Waals surface area contributed by atoms with E-state index in [2.05, 4.69) is 115 Å². The molecule has 6 aromatic carbocycles. The third-order valence-electron chi connectivity index (χ3n) is 17.8. The van der Waals surface area contributed by atoms with Crippen LogP contribution in [0.1, 0.15) is 146 Å². The van der Waals surface area contributed by atoms with Crippen LogP contribution in [0.25, 0.3) is 0 Å². The van der Waals surface area contributed by atoms with Gasteiger partial charge in [-0.2, -0.15) is 0 Å². The third kappa shape index (κ3) is 25.7. The van der Waals surface area contributed by atoms with Crippen molar-refractivity contribution >= 4 is 156 Å². The van der Waals surface area contributed by atoms with Crippen LogP contribution in [0.4, 0.5) is 47.7 Å². The summed E-state index contributed by atoms with van der Waals surface area (Å²) in [5.74, 6) is -1.08. The first-order chi connectivity index (χ1) is 57.6. The number of nitrogen functional groups attached to an aromatic ring is 3. The Morgan fingerprint density at radius 2 is 0.752 bits per heavy atom. The van der Waals surface area contributed by atoms with Crippen LogP contribution in [0.15, 0.2) is 127 Å². The summed E-state index contributed by atoms with van der Waals surface area (Å²) in [5, 5.41) is 52.5. The molecule has 3 saturated heterocycles. The number of aromatic carboxylic acids is 1. The second-order valence-corrected chi connectivity index (χ2v) is 29.9. The number of nitrogens with one attached hydrogen (secondary N) is 7. The van der Waals surface area contributed by atoms with Gasteiger partial charge in [0.25, 0.3) is 29.5 Å². The molecule has 3 fully saturated rings. The SMILES string of the molecule is C[C@@H]1CN(C(=O)c2ccc(NC(=O)c3cc(O[C@H](C)c4c(Cl)ccc(F)c4Cl)c(N)nn3)cc2)C[C@H](C)N1.C[C@@H]1CNC[C@H](C)N1.[B]OC#C[C@@H](Oc1cc(C(=O)Nc2ccc(C(=O)N3C[C@@H](C)N[C@@H](C)C3)cc2)nnc1N)c1c(Cl)ccc(F)c1Cl.[B]OC#C[C@@H](Oc1cc(C(=O)Nc2ccc(C(=O)O)cc2)nnc1N)c1c(Cl)ccc(F)c1Cl. The summed E-state index contributed by atoms with van der Waals surface area (Å²) < 4.78 is 68.0. The van der Waals surface area contributed by atoms with E-state index in [1.165, 1.54) is 60.7 Å². The quantitative estimate of drug-likeness (QED) is 0.0216. The Kier molecular flexibility index (Phi) is 33.6. The Morgan fingerprint density at radius 1 is 0.455 bits per heavy atom. The molecule has 628 valence electrons. The molecule has 0 unspecified atom stereocenters. The highest BCUT2D eigenvalue weighted by molar-refractivity contribution is 6.37. The van der Waals surface area contributed by atoms with Gasteiger partial charge in [0.15, 0.2) is 64.0 Å². The van der Waals surface area contributed by atoms with Gasteiger partial charge in [0, 0.05) is 144 Å². The predicted octanol–water partition coefficient (Wildman–Crippen LogP) is 12.1. The van der Waals surface area contributed by atoms with Crippen molar-refractivity contribution in [2.45, 2.75) is 103 Å². The molecule has 3 aliphatic rings. The molecule has 14 N–H and O–H groups in total. The minimum absolute atomic E-state index is 0.0144. The first kappa shape index (κ1) is 93.3. The van der Waals surface area contributed by atoms with E-state index in [0.29, 0.717) is 66.5 Å². The third-order valence-corrected chi connectivity index (χ3v) is 20.0. The van der Waals surface area contributed by atoms with Crippen LogP contribution < -0.4 is 68.6 Å². The maximum absolute atomic E-state index is 14.2. The molecule has 41 heteroatoms. The summed E-state index contributed by atoms with van der Waals surface area (Å²) in [6.07, 6.45) is 0.830. The number of rotatable bonds is 18. The minimum atomic E-state index is -1.31. The Hall–Kier alpha value is -11.6. The van der Waals surface area contributed by atoms with Gasteiger partial charge in [0.05, 0.1) is 42.9 Å². The summed E-state index contributed by atoms with van der Waals surface area (Å²) in [6.45, 7) is 18.8. The average molecular weight is 1770 g/mol. The highest BCUT2D eigenvalue weighted by Gasteiger charge is 2.31. The molecule has 0 saturated carbocycles. The number of piperazine rings is 3. The molecule has 9 aromatic rings. The molecule has 0 spiro atoms. The first-order valence-corrected chi connectivity index (χ1v) is 38.9. The first-order valence-electron chi connectivity index (χ1n) is 36.7. The zero-order chi connectivity index (χ0) is 88.1. The van der Waals surface area contributed by atoms with E-state index in [9.17, 15) is 41.9 Å². The van der Waals surface area contributed by atoms with E-state index >= 15 is 0 Å². The van der Waals surface area contributed by atoms with E-state index in [4.69, 9.17) is 122 Å². The molecular formula is C80H77B2Cl6F3N18O12. The lowest BCUT2D eigenvalue weighted by Crippen LogP contribution is -2.55. The summed E-state index contributed by atoms with van der Waals surface area (Å²) >= 11 is 36.8. The van der Waals surface area contributed by atoms with E-state index < -0.39 is 59.5 Å². The van der Waals surface area contributed by atoms with Gasteiger partial charge in [-0.25, -0.2) is 18.0 Å². The van der Waals surface area contributed by atoms with Crippen molar-refractivity contribution in [1.29, 1.82) is 0 Å². The average Bonchev–Trinajstić information content (AvgIpc) is 0.808. The number of halogens is 9. The number of hydrogen-bond acceptors (Lipinski definition) is 24. The zero-order valence-electron chi connectivity index (χ0n) is 65.4. The molecule has 5 amide bonds. The molecule has 6 heterocycles. The van der Waals surface area contributed by atoms with Crippen LogP contribution in [0.5, 0.6) is 17.2 Å². The number of carboxylic acids is 1. The number of amides is 5. The summed E-state index contributed by atoms with van der Waals surface area (Å²) in [7, 11) is 9.95. The van der Waals surface area contributed by atoms with Crippen molar-refractivity contribution in [3.8, 4) is 41.3 Å². The fraction of sp³-hybridized carbons (Fsp3) is 0.275. The van der Waals surface area contributed by atoms with Crippen LogP contribution in [-0.2, 0) is 9.31 Å². The number of nitrogens with zero attached hydrogens (tertiary/aromatic N) is 8. The van der Waals surface area contributed by atoms with Crippen LogP contribution in [0.2, 0.25) is 30.1 Å². The van der Waals surface area contributed by atoms with Gasteiger partial charge in [0.2, 0.25) is 0 Å². The summed E-state index contributed by atoms with van der Waals surface area (Å²) in [4.78, 5) is 78.8. The normalized spacial score (nSPS) is 17.2. The van der Waals surface area contributed by atoms with Crippen molar-refractivity contribution in [1.82, 2.24) is 61.7 Å². The largest absolute Gasteiger partial charge is 0.527 e. The lowest BCUT2D eigenvalue weighted by atomic mass is 10.1. The Balaban J connectivity index is 0.000000197. The van der Waals surface area contributed by atoms with E-state index in [-0.39, 0.29) is 140 Å². The van der Waals surface area contributed by atoms with E-state index in [1.807, 2.05) is 32.6 Å². The lowest BCUT2D eigenvalue weighted by molar-refractivity contribution is 0.0668. The Morgan fingerprint density at radius 3 is 1.06 bits per heavy atom. The van der Waals surface area contributed by atoms with Gasteiger partial charge in [0.1, 0.15) is 23.6 Å². The molecule has 0 bridgehead atoms. The maximum atomic E-state index is 14.2. The Labute approximate surface area is 725 Å². The summed E-state index contributed by atoms with van der Waals surface area (Å²) in [6, 6.07) is 31.5. The monoisotopic (exact) mass is 1770 g/mol. The smallest absolute Gasteiger partial charge is 0.392 e. The number of carbonyl (C=O) groups excluding carboxylic acids is 5. The number of hydrogen-bond donors (Lipinski definition) is 11. The maximum Gasteiger partial charge on any atom is 0.392 e. The second-order valence-electron chi connectivity index (χ2n) is 27.6. The van der Waals surface area contributed by atoms with Crippen molar-refractivity contribution in [2.24, 2.45) is 0 Å². The second kappa shape index (κ2) is 43.6. The number of anilines is 6. The highest BCUT2D eigenvalue weighted by Crippen LogP contribution is 2.40. The number of benzene rings is 6. The highest BCUT2D eigenvalue weighted by atomic mass is 35.5. The number of carboxylic acid groups (broad SMARTS) is 1. The Bertz CT molecular complexity index is 5380. The molecule has 12 rings (SSSR count). The van der Waals surface area contributed by atoms with E-state index in [1.54, 1.807) is 60.4 Å². The lowest BCUT2D eigenvalue weighted by Gasteiger charge is -2.36. The van der Waals surface area contributed by atoms with Crippen LogP contribution in [0, 0.1) is 41.5 Å². The molecule has 9 atom stereocenters. The fourth-order valence-electron chi connectivity index (χ4n) is 12.4. The van der Waals surface area contributed by atoms with Crippen molar-refractivity contribution in [3.05, 3.63) is 225 Å².